The lowest BCUT2D eigenvalue weighted by molar-refractivity contribution is -0.121. The molecule has 1 saturated carbocycles. The molecular weight excluding hydrogens is 292 g/mol. The number of carbonyl (C=O) groups is 1. The lowest BCUT2D eigenvalue weighted by atomic mass is 10.0. The molecule has 0 atom stereocenters. The molecule has 0 radical (unpaired) electrons. The predicted octanol–water partition coefficient (Wildman–Crippen LogP) is 1.66. The summed E-state index contributed by atoms with van der Waals surface area (Å²) >= 11 is 0. The van der Waals surface area contributed by atoms with Crippen LogP contribution < -0.4 is 16.0 Å². The summed E-state index contributed by atoms with van der Waals surface area (Å²) in [5, 5.41) is 9.41. The molecule has 0 bridgehead atoms. The standard InChI is InChI=1S/C17H34N4O2/c1-5-18-16(21-13-17(2,3)23-4)20-11-10-19-15(22)12-14-8-6-7-9-14/h14H,5-13H2,1-4H3,(H,19,22)(H2,18,20,21). The van der Waals surface area contributed by atoms with Gasteiger partial charge in [-0.25, -0.2) is 0 Å². The summed E-state index contributed by atoms with van der Waals surface area (Å²) in [6, 6.07) is 0. The maximum Gasteiger partial charge on any atom is 0.220 e. The van der Waals surface area contributed by atoms with Gasteiger partial charge < -0.3 is 20.7 Å². The average Bonchev–Trinajstić information content (AvgIpc) is 3.02. The number of hydrogen-bond donors (Lipinski definition) is 3. The number of guanidine groups is 1. The molecule has 0 aromatic rings. The van der Waals surface area contributed by atoms with Crippen molar-refractivity contribution in [2.45, 2.75) is 58.5 Å². The second-order valence-electron chi connectivity index (χ2n) is 6.79. The SMILES string of the molecule is CCNC(=NCC(C)(C)OC)NCCNC(=O)CC1CCCC1. The van der Waals surface area contributed by atoms with Crippen molar-refractivity contribution in [2.75, 3.05) is 33.3 Å². The first-order chi connectivity index (χ1) is 11.0. The van der Waals surface area contributed by atoms with Crippen molar-refractivity contribution in [3.05, 3.63) is 0 Å². The van der Waals surface area contributed by atoms with Gasteiger partial charge in [-0.3, -0.25) is 9.79 Å². The summed E-state index contributed by atoms with van der Waals surface area (Å²) < 4.78 is 5.37. The van der Waals surface area contributed by atoms with Gasteiger partial charge in [0.15, 0.2) is 5.96 Å². The van der Waals surface area contributed by atoms with E-state index in [0.29, 0.717) is 32.0 Å². The Morgan fingerprint density at radius 2 is 1.83 bits per heavy atom. The van der Waals surface area contributed by atoms with Crippen LogP contribution in [0.2, 0.25) is 0 Å². The first-order valence-electron chi connectivity index (χ1n) is 8.81. The maximum atomic E-state index is 11.9. The Morgan fingerprint density at radius 1 is 1.17 bits per heavy atom. The van der Waals surface area contributed by atoms with E-state index in [2.05, 4.69) is 20.9 Å². The molecule has 0 heterocycles. The van der Waals surface area contributed by atoms with E-state index in [1.54, 1.807) is 7.11 Å². The molecule has 0 spiro atoms. The van der Waals surface area contributed by atoms with Crippen molar-refractivity contribution in [1.29, 1.82) is 0 Å². The van der Waals surface area contributed by atoms with Gasteiger partial charge >= 0.3 is 0 Å². The molecule has 1 rings (SSSR count). The van der Waals surface area contributed by atoms with E-state index in [1.807, 2.05) is 20.8 Å². The van der Waals surface area contributed by atoms with E-state index >= 15 is 0 Å². The molecule has 1 fully saturated rings. The minimum Gasteiger partial charge on any atom is -0.377 e. The molecule has 134 valence electrons. The third kappa shape index (κ3) is 8.79. The third-order valence-electron chi connectivity index (χ3n) is 4.20. The molecule has 23 heavy (non-hydrogen) atoms. The highest BCUT2D eigenvalue weighted by atomic mass is 16.5. The smallest absolute Gasteiger partial charge is 0.220 e. The normalized spacial score (nSPS) is 16.4. The second kappa shape index (κ2) is 10.5. The van der Waals surface area contributed by atoms with Gasteiger partial charge in [0.25, 0.3) is 0 Å². The van der Waals surface area contributed by atoms with Gasteiger partial charge in [-0.2, -0.15) is 0 Å². The Labute approximate surface area is 140 Å². The lowest BCUT2D eigenvalue weighted by Crippen LogP contribution is -2.42. The Kier molecular flexibility index (Phi) is 8.99. The fourth-order valence-corrected chi connectivity index (χ4v) is 2.61. The highest BCUT2D eigenvalue weighted by molar-refractivity contribution is 5.80. The first kappa shape index (κ1) is 19.7. The van der Waals surface area contributed by atoms with Crippen LogP contribution in [-0.4, -0.2) is 50.8 Å². The highest BCUT2D eigenvalue weighted by Gasteiger charge is 2.18. The van der Waals surface area contributed by atoms with E-state index in [0.717, 1.165) is 12.5 Å². The van der Waals surface area contributed by atoms with Crippen molar-refractivity contribution < 1.29 is 9.53 Å². The number of hydrogen-bond acceptors (Lipinski definition) is 3. The molecule has 6 heteroatoms. The van der Waals surface area contributed by atoms with E-state index in [1.165, 1.54) is 25.7 Å². The van der Waals surface area contributed by atoms with Crippen LogP contribution in [0.15, 0.2) is 4.99 Å². The van der Waals surface area contributed by atoms with Gasteiger partial charge in [-0.1, -0.05) is 12.8 Å². The lowest BCUT2D eigenvalue weighted by Gasteiger charge is -2.21. The van der Waals surface area contributed by atoms with E-state index in [4.69, 9.17) is 4.74 Å². The van der Waals surface area contributed by atoms with Crippen LogP contribution in [-0.2, 0) is 9.53 Å². The molecular formula is C17H34N4O2. The number of ether oxygens (including phenoxy) is 1. The summed E-state index contributed by atoms with van der Waals surface area (Å²) in [5.74, 6) is 1.52. The number of carbonyl (C=O) groups excluding carboxylic acids is 1. The number of rotatable bonds is 9. The fraction of sp³-hybridized carbons (Fsp3) is 0.882. The highest BCUT2D eigenvalue weighted by Crippen LogP contribution is 2.27. The van der Waals surface area contributed by atoms with E-state index in [9.17, 15) is 4.79 Å². The molecule has 3 N–H and O–H groups in total. The molecule has 1 amide bonds. The number of aliphatic imine (C=N–C) groups is 1. The quantitative estimate of drug-likeness (QED) is 0.342. The van der Waals surface area contributed by atoms with Crippen LogP contribution in [0.25, 0.3) is 0 Å². The van der Waals surface area contributed by atoms with Crippen molar-refractivity contribution in [3.8, 4) is 0 Å². The van der Waals surface area contributed by atoms with Crippen LogP contribution in [0.5, 0.6) is 0 Å². The molecule has 0 unspecified atom stereocenters. The number of methoxy groups -OCH3 is 1. The van der Waals surface area contributed by atoms with Crippen LogP contribution in [0.1, 0.15) is 52.9 Å². The molecule has 1 aliphatic carbocycles. The summed E-state index contributed by atoms with van der Waals surface area (Å²) in [4.78, 5) is 16.4. The minimum atomic E-state index is -0.280. The summed E-state index contributed by atoms with van der Waals surface area (Å²) in [6.45, 7) is 8.69. The zero-order chi connectivity index (χ0) is 17.1. The summed E-state index contributed by atoms with van der Waals surface area (Å²) in [5.41, 5.74) is -0.280. The number of nitrogens with zero attached hydrogens (tertiary/aromatic N) is 1. The molecule has 0 aromatic carbocycles. The Morgan fingerprint density at radius 3 is 2.43 bits per heavy atom. The third-order valence-corrected chi connectivity index (χ3v) is 4.20. The Bertz CT molecular complexity index is 377. The Hall–Kier alpha value is -1.30. The van der Waals surface area contributed by atoms with Gasteiger partial charge in [-0.15, -0.1) is 0 Å². The molecule has 1 aliphatic rings. The topological polar surface area (TPSA) is 74.8 Å². The van der Waals surface area contributed by atoms with E-state index < -0.39 is 0 Å². The summed E-state index contributed by atoms with van der Waals surface area (Å²) in [6.07, 6.45) is 5.65. The summed E-state index contributed by atoms with van der Waals surface area (Å²) in [7, 11) is 1.69. The molecule has 0 aliphatic heterocycles. The van der Waals surface area contributed by atoms with Gasteiger partial charge in [-0.05, 0) is 39.5 Å². The van der Waals surface area contributed by atoms with Crippen LogP contribution >= 0.6 is 0 Å². The largest absolute Gasteiger partial charge is 0.377 e. The van der Waals surface area contributed by atoms with Crippen LogP contribution in [0, 0.1) is 5.92 Å². The zero-order valence-electron chi connectivity index (χ0n) is 15.2. The van der Waals surface area contributed by atoms with Crippen LogP contribution in [0.3, 0.4) is 0 Å². The molecule has 0 aromatic heterocycles. The van der Waals surface area contributed by atoms with Crippen molar-refractivity contribution in [1.82, 2.24) is 16.0 Å². The monoisotopic (exact) mass is 326 g/mol. The molecule has 6 nitrogen and oxygen atoms in total. The van der Waals surface area contributed by atoms with Gasteiger partial charge in [0.05, 0.1) is 12.1 Å². The second-order valence-corrected chi connectivity index (χ2v) is 6.79. The Balaban J connectivity index is 2.23. The molecule has 0 saturated heterocycles. The number of nitrogens with one attached hydrogen (secondary N) is 3. The van der Waals surface area contributed by atoms with Crippen LogP contribution in [0.4, 0.5) is 0 Å². The van der Waals surface area contributed by atoms with Gasteiger partial charge in [0, 0.05) is 33.2 Å². The van der Waals surface area contributed by atoms with Crippen molar-refractivity contribution in [3.63, 3.8) is 0 Å². The predicted molar refractivity (Wildman–Crippen MR) is 94.7 cm³/mol. The first-order valence-corrected chi connectivity index (χ1v) is 8.81. The van der Waals surface area contributed by atoms with Crippen molar-refractivity contribution >= 4 is 11.9 Å². The van der Waals surface area contributed by atoms with Crippen molar-refractivity contribution in [2.24, 2.45) is 10.9 Å². The average molecular weight is 326 g/mol. The van der Waals surface area contributed by atoms with E-state index in [-0.39, 0.29) is 11.5 Å². The minimum absolute atomic E-state index is 0.168. The maximum absolute atomic E-state index is 11.9. The zero-order valence-corrected chi connectivity index (χ0v) is 15.2. The number of amides is 1. The van der Waals surface area contributed by atoms with Gasteiger partial charge in [0.2, 0.25) is 5.91 Å². The van der Waals surface area contributed by atoms with Gasteiger partial charge in [0.1, 0.15) is 0 Å². The fourth-order valence-electron chi connectivity index (χ4n) is 2.61.